The molecule has 0 saturated heterocycles. The number of rotatable bonds is 2. The van der Waals surface area contributed by atoms with Crippen LogP contribution in [0.25, 0.3) is 0 Å². The van der Waals surface area contributed by atoms with E-state index < -0.39 is 10.0 Å². The Bertz CT molecular complexity index is 350. The highest BCUT2D eigenvalue weighted by atomic mass is 35.5. The van der Waals surface area contributed by atoms with Crippen LogP contribution in [0.1, 0.15) is 0 Å². The molecule has 2 N–H and O–H groups in total. The average Bonchev–Trinajstić information content (AvgIpc) is 2.06. The van der Waals surface area contributed by atoms with Gasteiger partial charge in [-0.25, -0.2) is 8.42 Å². The summed E-state index contributed by atoms with van der Waals surface area (Å²) in [6.07, 6.45) is 0. The second-order valence-electron chi connectivity index (χ2n) is 2.33. The number of sulfonamides is 1. The third-order valence-corrected chi connectivity index (χ3v) is 3.05. The van der Waals surface area contributed by atoms with Crippen LogP contribution in [0, 0.1) is 0 Å². The van der Waals surface area contributed by atoms with Gasteiger partial charge in [-0.1, -0.05) is 18.2 Å². The standard InChI is InChI=1S/C7H10N2O2S.ClH/c1-9(8)12(10,11)7-5-3-2-4-6-7;/h2-6H,8H2,1H3;1H. The second kappa shape index (κ2) is 4.57. The van der Waals surface area contributed by atoms with Gasteiger partial charge >= 0.3 is 0 Å². The molecule has 0 aliphatic heterocycles. The quantitative estimate of drug-likeness (QED) is 0.589. The summed E-state index contributed by atoms with van der Waals surface area (Å²) in [6, 6.07) is 8.04. The molecule has 0 aromatic heterocycles. The van der Waals surface area contributed by atoms with Crippen molar-refractivity contribution in [1.29, 1.82) is 0 Å². The fourth-order valence-electron chi connectivity index (χ4n) is 0.759. The number of hydrogen-bond acceptors (Lipinski definition) is 3. The van der Waals surface area contributed by atoms with Crippen LogP contribution in [0.2, 0.25) is 0 Å². The van der Waals surface area contributed by atoms with Gasteiger partial charge in [-0.15, -0.1) is 16.8 Å². The Kier molecular flexibility index (Phi) is 4.35. The van der Waals surface area contributed by atoms with Crippen molar-refractivity contribution < 1.29 is 8.42 Å². The highest BCUT2D eigenvalue weighted by Crippen LogP contribution is 2.09. The molecule has 6 heteroatoms. The lowest BCUT2D eigenvalue weighted by Gasteiger charge is -2.09. The number of nitrogens with two attached hydrogens (primary N) is 1. The van der Waals surface area contributed by atoms with E-state index in [9.17, 15) is 8.42 Å². The molecular formula is C7H11ClN2O2S. The fourth-order valence-corrected chi connectivity index (χ4v) is 1.59. The summed E-state index contributed by atoms with van der Waals surface area (Å²) in [5.41, 5.74) is 0. The Morgan fingerprint density at radius 3 is 2.08 bits per heavy atom. The Hall–Kier alpha value is -0.620. The Labute approximate surface area is 83.8 Å². The van der Waals surface area contributed by atoms with E-state index in [-0.39, 0.29) is 17.3 Å². The van der Waals surface area contributed by atoms with Gasteiger partial charge in [0.1, 0.15) is 0 Å². The maximum Gasteiger partial charge on any atom is 0.255 e. The molecule has 0 heterocycles. The van der Waals surface area contributed by atoms with Crippen LogP contribution >= 0.6 is 12.4 Å². The van der Waals surface area contributed by atoms with Gasteiger partial charge in [0.2, 0.25) is 0 Å². The molecule has 0 aliphatic carbocycles. The van der Waals surface area contributed by atoms with E-state index in [1.54, 1.807) is 18.2 Å². The van der Waals surface area contributed by atoms with E-state index in [1.807, 2.05) is 0 Å². The number of hydrazine groups is 1. The van der Waals surface area contributed by atoms with E-state index in [0.717, 1.165) is 0 Å². The van der Waals surface area contributed by atoms with Crippen molar-refractivity contribution in [3.63, 3.8) is 0 Å². The maximum atomic E-state index is 11.3. The van der Waals surface area contributed by atoms with Crippen LogP contribution in [0.15, 0.2) is 35.2 Å². The summed E-state index contributed by atoms with van der Waals surface area (Å²) in [4.78, 5) is 0.204. The predicted molar refractivity (Wildman–Crippen MR) is 52.8 cm³/mol. The van der Waals surface area contributed by atoms with Crippen molar-refractivity contribution in [2.45, 2.75) is 4.90 Å². The monoisotopic (exact) mass is 222 g/mol. The first kappa shape index (κ1) is 12.4. The van der Waals surface area contributed by atoms with Crippen molar-refractivity contribution in [3.8, 4) is 0 Å². The second-order valence-corrected chi connectivity index (χ2v) is 4.33. The number of nitrogens with zero attached hydrogens (tertiary/aromatic N) is 1. The van der Waals surface area contributed by atoms with Gasteiger partial charge in [0.15, 0.2) is 0 Å². The molecule has 0 amide bonds. The molecule has 1 aromatic rings. The van der Waals surface area contributed by atoms with Crippen molar-refractivity contribution in [1.82, 2.24) is 4.41 Å². The van der Waals surface area contributed by atoms with Crippen LogP contribution in [-0.4, -0.2) is 19.9 Å². The van der Waals surface area contributed by atoms with Gasteiger partial charge in [-0.05, 0) is 12.1 Å². The zero-order chi connectivity index (χ0) is 9.19. The SMILES string of the molecule is CN(N)S(=O)(=O)c1ccccc1.Cl. The first-order chi connectivity index (χ1) is 5.55. The minimum absolute atomic E-state index is 0. The highest BCUT2D eigenvalue weighted by Gasteiger charge is 2.16. The van der Waals surface area contributed by atoms with Gasteiger partial charge < -0.3 is 0 Å². The molecule has 0 bridgehead atoms. The van der Waals surface area contributed by atoms with E-state index >= 15 is 0 Å². The predicted octanol–water partition coefficient (Wildman–Crippen LogP) is 0.603. The van der Waals surface area contributed by atoms with E-state index in [1.165, 1.54) is 19.2 Å². The van der Waals surface area contributed by atoms with E-state index in [2.05, 4.69) is 0 Å². The number of hydrogen-bond donors (Lipinski definition) is 1. The number of benzene rings is 1. The zero-order valence-electron chi connectivity index (χ0n) is 7.04. The largest absolute Gasteiger partial charge is 0.255 e. The van der Waals surface area contributed by atoms with Crippen LogP contribution in [-0.2, 0) is 10.0 Å². The van der Waals surface area contributed by atoms with E-state index in [0.29, 0.717) is 4.41 Å². The number of halogens is 1. The topological polar surface area (TPSA) is 63.4 Å². The summed E-state index contributed by atoms with van der Waals surface area (Å²) in [5.74, 6) is 5.15. The lowest BCUT2D eigenvalue weighted by atomic mass is 10.4. The maximum absolute atomic E-state index is 11.3. The van der Waals surface area contributed by atoms with Gasteiger partial charge in [0, 0.05) is 7.05 Å². The first-order valence-electron chi connectivity index (χ1n) is 3.34. The lowest BCUT2D eigenvalue weighted by molar-refractivity contribution is 0.486. The van der Waals surface area contributed by atoms with Gasteiger partial charge in [-0.2, -0.15) is 0 Å². The highest BCUT2D eigenvalue weighted by molar-refractivity contribution is 7.89. The molecule has 4 nitrogen and oxygen atoms in total. The third-order valence-electron chi connectivity index (χ3n) is 1.42. The van der Waals surface area contributed by atoms with Crippen molar-refractivity contribution in [2.24, 2.45) is 5.84 Å². The molecule has 74 valence electrons. The summed E-state index contributed by atoms with van der Waals surface area (Å²) >= 11 is 0. The van der Waals surface area contributed by atoms with Crippen LogP contribution in [0.5, 0.6) is 0 Å². The van der Waals surface area contributed by atoms with Crippen LogP contribution in [0.3, 0.4) is 0 Å². The Morgan fingerprint density at radius 1 is 1.23 bits per heavy atom. The zero-order valence-corrected chi connectivity index (χ0v) is 8.68. The lowest BCUT2D eigenvalue weighted by Crippen LogP contribution is -2.33. The van der Waals surface area contributed by atoms with E-state index in [4.69, 9.17) is 5.84 Å². The Balaban J connectivity index is 0.00000144. The molecule has 0 aliphatic rings. The molecule has 0 unspecified atom stereocenters. The molecule has 0 atom stereocenters. The molecule has 0 saturated carbocycles. The van der Waals surface area contributed by atoms with Crippen LogP contribution in [0.4, 0.5) is 0 Å². The molecular weight excluding hydrogens is 212 g/mol. The first-order valence-corrected chi connectivity index (χ1v) is 4.78. The summed E-state index contributed by atoms with van der Waals surface area (Å²) < 4.78 is 23.4. The van der Waals surface area contributed by atoms with Gasteiger partial charge in [0.05, 0.1) is 4.90 Å². The van der Waals surface area contributed by atoms with Crippen molar-refractivity contribution in [2.75, 3.05) is 7.05 Å². The minimum atomic E-state index is -3.47. The van der Waals surface area contributed by atoms with Crippen molar-refractivity contribution >= 4 is 22.4 Å². The fraction of sp³-hybridized carbons (Fsp3) is 0.143. The Morgan fingerprint density at radius 2 is 1.69 bits per heavy atom. The average molecular weight is 223 g/mol. The summed E-state index contributed by atoms with van der Waals surface area (Å²) in [7, 11) is -2.17. The molecule has 0 spiro atoms. The van der Waals surface area contributed by atoms with Gasteiger partial charge in [-0.3, -0.25) is 5.84 Å². The van der Waals surface area contributed by atoms with Crippen molar-refractivity contribution in [3.05, 3.63) is 30.3 Å². The summed E-state index contributed by atoms with van der Waals surface area (Å²) in [5, 5.41) is 0. The smallest absolute Gasteiger partial charge is 0.255 e. The normalized spacial score (nSPS) is 11.0. The molecule has 0 fully saturated rings. The molecule has 0 radical (unpaired) electrons. The molecule has 13 heavy (non-hydrogen) atoms. The molecule has 1 rings (SSSR count). The molecule has 1 aromatic carbocycles. The third kappa shape index (κ3) is 2.67. The van der Waals surface area contributed by atoms with Gasteiger partial charge in [0.25, 0.3) is 10.0 Å². The minimum Gasteiger partial charge on any atom is -0.255 e. The van der Waals surface area contributed by atoms with Crippen LogP contribution < -0.4 is 5.84 Å². The summed E-state index contributed by atoms with van der Waals surface area (Å²) in [6.45, 7) is 0.